The lowest BCUT2D eigenvalue weighted by Gasteiger charge is -2.15. The predicted molar refractivity (Wildman–Crippen MR) is 37.0 cm³/mol. The van der Waals surface area contributed by atoms with Crippen LogP contribution in [0.5, 0.6) is 0 Å². The molecule has 3 nitrogen and oxygen atoms in total. The number of hydrogen-bond acceptors (Lipinski definition) is 2. The summed E-state index contributed by atoms with van der Waals surface area (Å²) in [6, 6.07) is 0. The molecule has 1 N–H and O–H groups in total. The molecule has 2 fully saturated rings. The maximum absolute atomic E-state index is 11.2. The van der Waals surface area contributed by atoms with Crippen LogP contribution in [0.1, 0.15) is 19.3 Å². The minimum absolute atomic E-state index is 0.0197. The number of fused-ring (bicyclic) bond motifs is 2. The first-order valence-electron chi connectivity index (χ1n) is 3.96. The number of aliphatic carboxylic acids is 1. The molecule has 3 unspecified atom stereocenters. The average molecular weight is 154 g/mol. The summed E-state index contributed by atoms with van der Waals surface area (Å²) in [5, 5.41) is 8.68. The van der Waals surface area contributed by atoms with Gasteiger partial charge in [0.2, 0.25) is 0 Å². The SMILES string of the molecule is O=C(O)C1C(=O)C2CCC1C2. The molecular formula is C8H10O3. The maximum Gasteiger partial charge on any atom is 0.314 e. The number of carboxylic acid groups (broad SMARTS) is 1. The molecular weight excluding hydrogens is 144 g/mol. The second-order valence-electron chi connectivity index (χ2n) is 3.49. The number of ketones is 1. The highest BCUT2D eigenvalue weighted by Crippen LogP contribution is 2.45. The second kappa shape index (κ2) is 2.06. The van der Waals surface area contributed by atoms with Crippen molar-refractivity contribution < 1.29 is 14.7 Å². The van der Waals surface area contributed by atoms with E-state index in [0.717, 1.165) is 19.3 Å². The van der Waals surface area contributed by atoms with Crippen molar-refractivity contribution in [2.45, 2.75) is 19.3 Å². The molecule has 2 rings (SSSR count). The van der Waals surface area contributed by atoms with Crippen molar-refractivity contribution in [1.29, 1.82) is 0 Å². The Morgan fingerprint density at radius 1 is 1.45 bits per heavy atom. The number of carbonyl (C=O) groups excluding carboxylic acids is 1. The summed E-state index contributed by atoms with van der Waals surface area (Å²) in [6.45, 7) is 0. The van der Waals surface area contributed by atoms with E-state index >= 15 is 0 Å². The molecule has 2 aliphatic carbocycles. The standard InChI is InChI=1S/C8H10O3/c9-7-5-2-1-4(3-5)6(7)8(10)11/h4-6H,1-3H2,(H,10,11). The molecule has 2 aliphatic rings. The Labute approximate surface area is 64.4 Å². The van der Waals surface area contributed by atoms with Crippen LogP contribution in [-0.2, 0) is 9.59 Å². The van der Waals surface area contributed by atoms with E-state index < -0.39 is 11.9 Å². The van der Waals surface area contributed by atoms with Gasteiger partial charge in [-0.05, 0) is 25.2 Å². The lowest BCUT2D eigenvalue weighted by molar-refractivity contribution is -0.148. The van der Waals surface area contributed by atoms with Gasteiger partial charge in [0.05, 0.1) is 0 Å². The number of Topliss-reactive ketones (excluding diaryl/α,β-unsaturated/α-hetero) is 1. The lowest BCUT2D eigenvalue weighted by atomic mass is 9.88. The third-order valence-electron chi connectivity index (χ3n) is 2.92. The molecule has 0 amide bonds. The van der Waals surface area contributed by atoms with Crippen LogP contribution < -0.4 is 0 Å². The normalized spacial score (nSPS) is 41.5. The van der Waals surface area contributed by atoms with Gasteiger partial charge in [0.1, 0.15) is 11.7 Å². The molecule has 0 saturated heterocycles. The quantitative estimate of drug-likeness (QED) is 0.565. The molecule has 0 aromatic carbocycles. The Morgan fingerprint density at radius 3 is 2.55 bits per heavy atom. The molecule has 0 aromatic heterocycles. The summed E-state index contributed by atoms with van der Waals surface area (Å²) in [6.07, 6.45) is 2.69. The van der Waals surface area contributed by atoms with Crippen LogP contribution in [0.15, 0.2) is 0 Å². The van der Waals surface area contributed by atoms with Gasteiger partial charge in [0, 0.05) is 5.92 Å². The zero-order valence-electron chi connectivity index (χ0n) is 6.12. The van der Waals surface area contributed by atoms with Gasteiger partial charge in [-0.2, -0.15) is 0 Å². The highest BCUT2D eigenvalue weighted by molar-refractivity contribution is 6.02. The van der Waals surface area contributed by atoms with E-state index in [2.05, 4.69) is 0 Å². The summed E-state index contributed by atoms with van der Waals surface area (Å²) in [4.78, 5) is 21.8. The number of carbonyl (C=O) groups is 2. The molecule has 0 aliphatic heterocycles. The van der Waals surface area contributed by atoms with Crippen LogP contribution >= 0.6 is 0 Å². The van der Waals surface area contributed by atoms with Gasteiger partial charge < -0.3 is 5.11 Å². The molecule has 11 heavy (non-hydrogen) atoms. The fourth-order valence-electron chi connectivity index (χ4n) is 2.39. The van der Waals surface area contributed by atoms with E-state index in [-0.39, 0.29) is 17.6 Å². The van der Waals surface area contributed by atoms with Crippen molar-refractivity contribution in [3.63, 3.8) is 0 Å². The Hall–Kier alpha value is -0.860. The van der Waals surface area contributed by atoms with Gasteiger partial charge in [0.25, 0.3) is 0 Å². The maximum atomic E-state index is 11.2. The first-order chi connectivity index (χ1) is 5.20. The topological polar surface area (TPSA) is 54.4 Å². The van der Waals surface area contributed by atoms with Crippen molar-refractivity contribution in [3.8, 4) is 0 Å². The predicted octanol–water partition coefficient (Wildman–Crippen LogP) is 0.686. The fourth-order valence-corrected chi connectivity index (χ4v) is 2.39. The average Bonchev–Trinajstić information content (AvgIpc) is 2.44. The Balaban J connectivity index is 2.24. The first kappa shape index (κ1) is 6.83. The van der Waals surface area contributed by atoms with E-state index in [9.17, 15) is 9.59 Å². The van der Waals surface area contributed by atoms with E-state index in [1.54, 1.807) is 0 Å². The molecule has 60 valence electrons. The summed E-state index contributed by atoms with van der Waals surface area (Å²) < 4.78 is 0. The van der Waals surface area contributed by atoms with Gasteiger partial charge in [0.15, 0.2) is 0 Å². The fraction of sp³-hybridized carbons (Fsp3) is 0.750. The largest absolute Gasteiger partial charge is 0.481 e. The van der Waals surface area contributed by atoms with Crippen molar-refractivity contribution >= 4 is 11.8 Å². The molecule has 0 aromatic rings. The molecule has 0 heterocycles. The number of rotatable bonds is 1. The molecule has 0 spiro atoms. The number of hydrogen-bond donors (Lipinski definition) is 1. The highest BCUT2D eigenvalue weighted by Gasteiger charge is 2.50. The molecule has 0 radical (unpaired) electrons. The van der Waals surface area contributed by atoms with Gasteiger partial charge in [-0.15, -0.1) is 0 Å². The molecule has 2 saturated carbocycles. The first-order valence-corrected chi connectivity index (χ1v) is 3.96. The van der Waals surface area contributed by atoms with E-state index in [1.165, 1.54) is 0 Å². The van der Waals surface area contributed by atoms with Crippen LogP contribution in [0.3, 0.4) is 0 Å². The monoisotopic (exact) mass is 154 g/mol. The molecule has 3 atom stereocenters. The zero-order valence-corrected chi connectivity index (χ0v) is 6.12. The van der Waals surface area contributed by atoms with Gasteiger partial charge in [-0.25, -0.2) is 0 Å². The van der Waals surface area contributed by atoms with Crippen molar-refractivity contribution in [2.24, 2.45) is 17.8 Å². The van der Waals surface area contributed by atoms with Crippen molar-refractivity contribution in [3.05, 3.63) is 0 Å². The van der Waals surface area contributed by atoms with Crippen molar-refractivity contribution in [1.82, 2.24) is 0 Å². The highest BCUT2D eigenvalue weighted by atomic mass is 16.4. The van der Waals surface area contributed by atoms with Gasteiger partial charge in [-0.1, -0.05) is 0 Å². The third kappa shape index (κ3) is 0.800. The zero-order chi connectivity index (χ0) is 8.01. The summed E-state index contributed by atoms with van der Waals surface area (Å²) in [5.74, 6) is -1.35. The minimum Gasteiger partial charge on any atom is -0.481 e. The van der Waals surface area contributed by atoms with E-state index in [1.807, 2.05) is 0 Å². The van der Waals surface area contributed by atoms with Crippen molar-refractivity contribution in [2.75, 3.05) is 0 Å². The molecule has 3 heteroatoms. The van der Waals surface area contributed by atoms with Crippen LogP contribution in [0.2, 0.25) is 0 Å². The Morgan fingerprint density at radius 2 is 2.18 bits per heavy atom. The minimum atomic E-state index is -0.915. The lowest BCUT2D eigenvalue weighted by Crippen LogP contribution is -2.29. The van der Waals surface area contributed by atoms with Crippen LogP contribution in [0.25, 0.3) is 0 Å². The van der Waals surface area contributed by atoms with E-state index in [0.29, 0.717) is 0 Å². The third-order valence-corrected chi connectivity index (χ3v) is 2.92. The summed E-state index contributed by atoms with van der Waals surface area (Å²) >= 11 is 0. The van der Waals surface area contributed by atoms with Gasteiger partial charge in [-0.3, -0.25) is 9.59 Å². The Bertz CT molecular complexity index is 221. The summed E-state index contributed by atoms with van der Waals surface area (Å²) in [7, 11) is 0. The smallest absolute Gasteiger partial charge is 0.314 e. The Kier molecular flexibility index (Phi) is 1.28. The number of carboxylic acids is 1. The van der Waals surface area contributed by atoms with Crippen LogP contribution in [0, 0.1) is 17.8 Å². The second-order valence-corrected chi connectivity index (χ2v) is 3.49. The van der Waals surface area contributed by atoms with Gasteiger partial charge >= 0.3 is 5.97 Å². The van der Waals surface area contributed by atoms with E-state index in [4.69, 9.17) is 5.11 Å². The van der Waals surface area contributed by atoms with Crippen LogP contribution in [-0.4, -0.2) is 16.9 Å². The summed E-state index contributed by atoms with van der Waals surface area (Å²) in [5.41, 5.74) is 0. The van der Waals surface area contributed by atoms with Crippen LogP contribution in [0.4, 0.5) is 0 Å². The molecule has 2 bridgehead atoms.